The molecule has 0 radical (unpaired) electrons. The minimum atomic E-state index is -3.27. The molecule has 1 aromatic carbocycles. The second-order valence-electron chi connectivity index (χ2n) is 3.67. The highest BCUT2D eigenvalue weighted by Crippen LogP contribution is 2.34. The Morgan fingerprint density at radius 3 is 2.67 bits per heavy atom. The van der Waals surface area contributed by atoms with Gasteiger partial charge in [-0.05, 0) is 19.1 Å². The van der Waals surface area contributed by atoms with E-state index in [1.54, 1.807) is 6.07 Å². The second-order valence-corrected chi connectivity index (χ2v) is 3.67. The molecule has 0 atom stereocenters. The third kappa shape index (κ3) is 4.10. The molecule has 0 amide bonds. The number of nitriles is 1. The summed E-state index contributed by atoms with van der Waals surface area (Å²) in [6.45, 7) is -1.69. The SMILES string of the molecule is CCOC(=O)Cc1c(C#N)ccc(OC(F)F)c1[N+](=O)[O-]. The van der Waals surface area contributed by atoms with Crippen LogP contribution in [0.1, 0.15) is 18.1 Å². The number of nitro groups is 1. The average Bonchev–Trinajstić information content (AvgIpc) is 2.38. The predicted molar refractivity (Wildman–Crippen MR) is 64.8 cm³/mol. The molecule has 0 saturated heterocycles. The number of ether oxygens (including phenoxy) is 2. The molecule has 1 aromatic rings. The summed E-state index contributed by atoms with van der Waals surface area (Å²) in [5.41, 5.74) is -1.35. The fraction of sp³-hybridized carbons (Fsp3) is 0.333. The van der Waals surface area contributed by atoms with Crippen molar-refractivity contribution in [3.05, 3.63) is 33.4 Å². The number of rotatable bonds is 6. The van der Waals surface area contributed by atoms with E-state index in [2.05, 4.69) is 9.47 Å². The molecule has 0 fully saturated rings. The molecule has 0 saturated carbocycles. The smallest absolute Gasteiger partial charge is 0.387 e. The van der Waals surface area contributed by atoms with Gasteiger partial charge in [-0.3, -0.25) is 14.9 Å². The first kappa shape index (κ1) is 16.3. The maximum Gasteiger partial charge on any atom is 0.387 e. The number of hydrogen-bond acceptors (Lipinski definition) is 6. The minimum Gasteiger partial charge on any atom is -0.466 e. The van der Waals surface area contributed by atoms with Crippen LogP contribution < -0.4 is 4.74 Å². The highest BCUT2D eigenvalue weighted by molar-refractivity contribution is 5.77. The molecule has 21 heavy (non-hydrogen) atoms. The fourth-order valence-corrected chi connectivity index (χ4v) is 1.65. The minimum absolute atomic E-state index is 0.0434. The summed E-state index contributed by atoms with van der Waals surface area (Å²) in [7, 11) is 0. The number of carbonyl (C=O) groups is 1. The monoisotopic (exact) mass is 300 g/mol. The van der Waals surface area contributed by atoms with Gasteiger partial charge in [-0.25, -0.2) is 0 Å². The summed E-state index contributed by atoms with van der Waals surface area (Å²) in [5, 5.41) is 20.0. The molecular weight excluding hydrogens is 290 g/mol. The number of halogens is 2. The number of nitro benzene ring substituents is 1. The molecule has 0 unspecified atom stereocenters. The molecule has 0 heterocycles. The van der Waals surface area contributed by atoms with Crippen molar-refractivity contribution in [3.8, 4) is 11.8 Å². The van der Waals surface area contributed by atoms with Gasteiger partial charge in [-0.2, -0.15) is 14.0 Å². The highest BCUT2D eigenvalue weighted by Gasteiger charge is 2.28. The van der Waals surface area contributed by atoms with Gasteiger partial charge in [0.1, 0.15) is 0 Å². The Balaban J connectivity index is 3.38. The van der Waals surface area contributed by atoms with Crippen LogP contribution in [0.3, 0.4) is 0 Å². The van der Waals surface area contributed by atoms with Crippen LogP contribution in [-0.2, 0) is 16.0 Å². The summed E-state index contributed by atoms with van der Waals surface area (Å²) in [4.78, 5) is 21.5. The van der Waals surface area contributed by atoms with E-state index in [1.165, 1.54) is 6.92 Å². The first-order valence-electron chi connectivity index (χ1n) is 5.71. The zero-order valence-electron chi connectivity index (χ0n) is 10.8. The van der Waals surface area contributed by atoms with Crippen molar-refractivity contribution < 1.29 is 28.0 Å². The van der Waals surface area contributed by atoms with E-state index in [1.807, 2.05) is 0 Å². The predicted octanol–water partition coefficient (Wildman–Crippen LogP) is 2.17. The van der Waals surface area contributed by atoms with Crippen molar-refractivity contribution in [2.45, 2.75) is 20.0 Å². The molecule has 1 rings (SSSR count). The molecule has 0 aliphatic heterocycles. The zero-order chi connectivity index (χ0) is 16.0. The molecular formula is C12H10F2N2O5. The Morgan fingerprint density at radius 1 is 1.52 bits per heavy atom. The Bertz CT molecular complexity index is 598. The molecule has 7 nitrogen and oxygen atoms in total. The van der Waals surface area contributed by atoms with E-state index >= 15 is 0 Å². The number of esters is 1. The van der Waals surface area contributed by atoms with Gasteiger partial charge in [-0.1, -0.05) is 0 Å². The summed E-state index contributed by atoms with van der Waals surface area (Å²) in [6, 6.07) is 3.62. The topological polar surface area (TPSA) is 102 Å². The van der Waals surface area contributed by atoms with Gasteiger partial charge in [-0.15, -0.1) is 0 Å². The normalized spacial score (nSPS) is 10.0. The number of hydrogen-bond donors (Lipinski definition) is 0. The van der Waals surface area contributed by atoms with Crippen LogP contribution in [0.2, 0.25) is 0 Å². The zero-order valence-corrected chi connectivity index (χ0v) is 10.8. The number of nitrogens with zero attached hydrogens (tertiary/aromatic N) is 2. The van der Waals surface area contributed by atoms with Gasteiger partial charge < -0.3 is 9.47 Å². The van der Waals surface area contributed by atoms with Crippen LogP contribution in [0.15, 0.2) is 12.1 Å². The number of benzene rings is 1. The highest BCUT2D eigenvalue weighted by atomic mass is 19.3. The van der Waals surface area contributed by atoms with Gasteiger partial charge in [0.25, 0.3) is 0 Å². The summed E-state index contributed by atoms with van der Waals surface area (Å²) < 4.78 is 33.2. The Morgan fingerprint density at radius 2 is 2.19 bits per heavy atom. The molecule has 0 N–H and O–H groups in total. The standard InChI is InChI=1S/C12H10F2N2O5/c1-2-20-10(17)5-8-7(6-15)3-4-9(21-12(13)14)11(8)16(18)19/h3-4,12H,2,5H2,1H3. The Hall–Kier alpha value is -2.76. The average molecular weight is 300 g/mol. The third-order valence-electron chi connectivity index (χ3n) is 2.39. The van der Waals surface area contributed by atoms with Crippen molar-refractivity contribution in [2.24, 2.45) is 0 Å². The first-order chi connectivity index (χ1) is 9.90. The maximum atomic E-state index is 12.3. The maximum absolute atomic E-state index is 12.3. The lowest BCUT2D eigenvalue weighted by Crippen LogP contribution is -2.12. The molecule has 0 bridgehead atoms. The largest absolute Gasteiger partial charge is 0.466 e. The van der Waals surface area contributed by atoms with E-state index < -0.39 is 35.4 Å². The van der Waals surface area contributed by atoms with E-state index in [9.17, 15) is 23.7 Å². The van der Waals surface area contributed by atoms with Gasteiger partial charge in [0.2, 0.25) is 5.75 Å². The summed E-state index contributed by atoms with van der Waals surface area (Å²) in [5.74, 6) is -1.53. The molecule has 0 aliphatic rings. The Labute approximate surface area is 117 Å². The first-order valence-corrected chi connectivity index (χ1v) is 5.71. The van der Waals surface area contributed by atoms with Crippen molar-refractivity contribution in [1.82, 2.24) is 0 Å². The van der Waals surface area contributed by atoms with Gasteiger partial charge in [0, 0.05) is 0 Å². The molecule has 0 aromatic heterocycles. The van der Waals surface area contributed by atoms with Gasteiger partial charge >= 0.3 is 18.3 Å². The van der Waals surface area contributed by atoms with Crippen molar-refractivity contribution in [1.29, 1.82) is 5.26 Å². The van der Waals surface area contributed by atoms with Crippen molar-refractivity contribution in [2.75, 3.05) is 6.61 Å². The quantitative estimate of drug-likeness (QED) is 0.453. The lowest BCUT2D eigenvalue weighted by atomic mass is 10.0. The summed E-state index contributed by atoms with van der Waals surface area (Å²) >= 11 is 0. The molecule has 0 spiro atoms. The van der Waals surface area contributed by atoms with E-state index in [4.69, 9.17) is 5.26 Å². The van der Waals surface area contributed by atoms with Gasteiger partial charge in [0.05, 0.1) is 35.1 Å². The Kier molecular flexibility index (Phi) is 5.54. The van der Waals surface area contributed by atoms with Crippen LogP contribution in [0.5, 0.6) is 5.75 Å². The van der Waals surface area contributed by atoms with Gasteiger partial charge in [0.15, 0.2) is 0 Å². The fourth-order valence-electron chi connectivity index (χ4n) is 1.65. The lowest BCUT2D eigenvalue weighted by molar-refractivity contribution is -0.387. The van der Waals surface area contributed by atoms with E-state index in [-0.39, 0.29) is 17.7 Å². The number of alkyl halides is 2. The second kappa shape index (κ2) is 7.14. The molecule has 112 valence electrons. The molecule has 0 aliphatic carbocycles. The third-order valence-corrected chi connectivity index (χ3v) is 2.39. The molecule has 9 heteroatoms. The number of carbonyl (C=O) groups excluding carboxylic acids is 1. The summed E-state index contributed by atoms with van der Waals surface area (Å²) in [6.07, 6.45) is -0.590. The van der Waals surface area contributed by atoms with E-state index in [0.717, 1.165) is 12.1 Å². The van der Waals surface area contributed by atoms with Crippen molar-refractivity contribution in [3.63, 3.8) is 0 Å². The van der Waals surface area contributed by atoms with Crippen LogP contribution in [-0.4, -0.2) is 24.1 Å². The van der Waals surface area contributed by atoms with Crippen LogP contribution >= 0.6 is 0 Å². The van der Waals surface area contributed by atoms with E-state index in [0.29, 0.717) is 0 Å². The lowest BCUT2D eigenvalue weighted by Gasteiger charge is -2.10. The van der Waals surface area contributed by atoms with Crippen molar-refractivity contribution >= 4 is 11.7 Å². The van der Waals surface area contributed by atoms with Crippen LogP contribution in [0.25, 0.3) is 0 Å². The van der Waals surface area contributed by atoms with Crippen LogP contribution in [0, 0.1) is 21.4 Å². The van der Waals surface area contributed by atoms with Crippen LogP contribution in [0.4, 0.5) is 14.5 Å².